The number of rotatable bonds is 8. The summed E-state index contributed by atoms with van der Waals surface area (Å²) in [5.74, 6) is -1.15. The first kappa shape index (κ1) is 22.6. The van der Waals surface area contributed by atoms with E-state index in [0.717, 1.165) is 30.3 Å². The van der Waals surface area contributed by atoms with E-state index in [0.29, 0.717) is 17.1 Å². The van der Waals surface area contributed by atoms with Crippen molar-refractivity contribution in [2.75, 3.05) is 6.54 Å². The zero-order valence-electron chi connectivity index (χ0n) is 17.9. The first-order valence-electron chi connectivity index (χ1n) is 10.8. The van der Waals surface area contributed by atoms with Crippen LogP contribution in [0.25, 0.3) is 11.1 Å². The normalized spacial score (nSPS) is 10.9. The van der Waals surface area contributed by atoms with E-state index in [1.54, 1.807) is 42.5 Å². The van der Waals surface area contributed by atoms with Crippen molar-refractivity contribution in [3.8, 4) is 0 Å². The molecule has 0 spiro atoms. The zero-order valence-corrected chi connectivity index (χ0v) is 18.7. The Labute approximate surface area is 195 Å². The van der Waals surface area contributed by atoms with E-state index < -0.39 is 11.8 Å². The summed E-state index contributed by atoms with van der Waals surface area (Å²) in [6.07, 6.45) is 3.76. The van der Waals surface area contributed by atoms with Gasteiger partial charge in [-0.25, -0.2) is 9.59 Å². The largest absolute Gasteiger partial charge is 0.428 e. The van der Waals surface area contributed by atoms with Crippen molar-refractivity contribution in [1.29, 1.82) is 0 Å². The Morgan fingerprint density at radius 3 is 2.39 bits per heavy atom. The molecule has 33 heavy (non-hydrogen) atoms. The summed E-state index contributed by atoms with van der Waals surface area (Å²) >= 11 is 5.90. The summed E-state index contributed by atoms with van der Waals surface area (Å²) in [5, 5.41) is 3.28. The Bertz CT molecular complexity index is 1320. The number of aromatic nitrogens is 1. The SMILES string of the molecule is O=C(c1ccc(Cl)cc1)c1cccc2c1oc(=O)n2C(=O)NCCCCCc1ccccc1. The number of halogens is 1. The molecule has 168 valence electrons. The number of oxazole rings is 1. The quantitative estimate of drug-likeness (QED) is 0.279. The minimum Gasteiger partial charge on any atom is -0.407 e. The van der Waals surface area contributed by atoms with Crippen molar-refractivity contribution >= 4 is 34.5 Å². The lowest BCUT2D eigenvalue weighted by molar-refractivity contribution is 0.103. The molecule has 6 nitrogen and oxygen atoms in total. The van der Waals surface area contributed by atoms with Gasteiger partial charge >= 0.3 is 11.8 Å². The number of nitrogens with zero attached hydrogens (tertiary/aromatic N) is 1. The Morgan fingerprint density at radius 2 is 1.64 bits per heavy atom. The molecule has 1 N–H and O–H groups in total. The number of hydrogen-bond acceptors (Lipinski definition) is 4. The summed E-state index contributed by atoms with van der Waals surface area (Å²) in [5.41, 5.74) is 2.24. The van der Waals surface area contributed by atoms with E-state index in [1.165, 1.54) is 5.56 Å². The molecule has 3 aromatic carbocycles. The van der Waals surface area contributed by atoms with Crippen LogP contribution in [0.1, 0.15) is 40.7 Å². The molecular weight excluding hydrogens is 440 g/mol. The number of ketones is 1. The Hall–Kier alpha value is -3.64. The second-order valence-corrected chi connectivity index (χ2v) is 8.16. The molecule has 1 aromatic heterocycles. The number of aryl methyl sites for hydroxylation is 1. The third kappa shape index (κ3) is 5.23. The lowest BCUT2D eigenvalue weighted by atomic mass is 10.0. The molecule has 0 saturated heterocycles. The third-order valence-corrected chi connectivity index (χ3v) is 5.67. The summed E-state index contributed by atoms with van der Waals surface area (Å²) in [6, 6.07) is 20.9. The molecule has 1 amide bonds. The Balaban J connectivity index is 1.41. The number of benzene rings is 3. The van der Waals surface area contributed by atoms with Crippen LogP contribution in [0.15, 0.2) is 82.0 Å². The van der Waals surface area contributed by atoms with Crippen LogP contribution in [0.4, 0.5) is 4.79 Å². The standard InChI is InChI=1S/C26H23ClN2O4/c27-20-15-13-19(14-16-20)23(30)21-11-7-12-22-24(21)33-26(32)29(22)25(31)28-17-6-2-5-10-18-8-3-1-4-9-18/h1,3-4,7-9,11-16H,2,5-6,10,17H2,(H,28,31). The lowest BCUT2D eigenvalue weighted by Crippen LogP contribution is -2.34. The van der Waals surface area contributed by atoms with Crippen LogP contribution < -0.4 is 11.1 Å². The fourth-order valence-corrected chi connectivity index (χ4v) is 3.84. The third-order valence-electron chi connectivity index (χ3n) is 5.42. The molecule has 0 unspecified atom stereocenters. The fraction of sp³-hybridized carbons (Fsp3) is 0.192. The summed E-state index contributed by atoms with van der Waals surface area (Å²) in [4.78, 5) is 38.0. The highest BCUT2D eigenvalue weighted by Gasteiger charge is 2.21. The molecule has 0 saturated carbocycles. The minimum absolute atomic E-state index is 0.0838. The van der Waals surface area contributed by atoms with Gasteiger partial charge in [-0.3, -0.25) is 4.79 Å². The monoisotopic (exact) mass is 462 g/mol. The minimum atomic E-state index is -0.831. The highest BCUT2D eigenvalue weighted by Crippen LogP contribution is 2.22. The van der Waals surface area contributed by atoms with E-state index in [1.807, 2.05) is 18.2 Å². The zero-order chi connectivity index (χ0) is 23.2. The van der Waals surface area contributed by atoms with Crippen LogP contribution in [-0.4, -0.2) is 22.9 Å². The summed E-state index contributed by atoms with van der Waals surface area (Å²) in [6.45, 7) is 0.441. The molecule has 4 aromatic rings. The summed E-state index contributed by atoms with van der Waals surface area (Å²) < 4.78 is 6.24. The molecule has 0 aliphatic carbocycles. The molecule has 0 aliphatic rings. The van der Waals surface area contributed by atoms with Gasteiger partial charge in [-0.1, -0.05) is 54.4 Å². The number of carbonyl (C=O) groups excluding carboxylic acids is 2. The van der Waals surface area contributed by atoms with Gasteiger partial charge in [0.2, 0.25) is 0 Å². The van der Waals surface area contributed by atoms with Gasteiger partial charge in [0.1, 0.15) is 5.52 Å². The van der Waals surface area contributed by atoms with Crippen molar-refractivity contribution in [1.82, 2.24) is 9.88 Å². The van der Waals surface area contributed by atoms with Crippen molar-refractivity contribution in [2.45, 2.75) is 25.7 Å². The van der Waals surface area contributed by atoms with Gasteiger partial charge < -0.3 is 9.73 Å². The van der Waals surface area contributed by atoms with Gasteiger partial charge in [-0.05, 0) is 61.2 Å². The average Bonchev–Trinajstić information content (AvgIpc) is 3.17. The predicted molar refractivity (Wildman–Crippen MR) is 128 cm³/mol. The number of para-hydroxylation sites is 1. The maximum atomic E-state index is 12.9. The van der Waals surface area contributed by atoms with E-state index in [2.05, 4.69) is 17.4 Å². The molecule has 0 bridgehead atoms. The van der Waals surface area contributed by atoms with Gasteiger partial charge in [0, 0.05) is 17.1 Å². The fourth-order valence-electron chi connectivity index (χ4n) is 3.72. The van der Waals surface area contributed by atoms with E-state index >= 15 is 0 Å². The van der Waals surface area contributed by atoms with Crippen molar-refractivity contribution in [2.24, 2.45) is 0 Å². The van der Waals surface area contributed by atoms with Crippen LogP contribution in [0, 0.1) is 0 Å². The molecule has 1 heterocycles. The number of hydrogen-bond donors (Lipinski definition) is 1. The summed E-state index contributed by atoms with van der Waals surface area (Å²) in [7, 11) is 0. The predicted octanol–water partition coefficient (Wildman–Crippen LogP) is 5.45. The van der Waals surface area contributed by atoms with Crippen LogP contribution in [-0.2, 0) is 6.42 Å². The van der Waals surface area contributed by atoms with Gasteiger partial charge in [0.05, 0.1) is 5.56 Å². The molecule has 0 aliphatic heterocycles. The van der Waals surface area contributed by atoms with Crippen LogP contribution in [0.3, 0.4) is 0 Å². The maximum absolute atomic E-state index is 12.9. The number of unbranched alkanes of at least 4 members (excludes halogenated alkanes) is 2. The first-order chi connectivity index (χ1) is 16.0. The molecule has 0 fully saturated rings. The van der Waals surface area contributed by atoms with Crippen molar-refractivity contribution < 1.29 is 14.0 Å². The second-order valence-electron chi connectivity index (χ2n) is 7.72. The maximum Gasteiger partial charge on any atom is 0.428 e. The van der Waals surface area contributed by atoms with Gasteiger partial charge in [-0.15, -0.1) is 0 Å². The number of fused-ring (bicyclic) bond motifs is 1. The molecule has 0 atom stereocenters. The highest BCUT2D eigenvalue weighted by atomic mass is 35.5. The van der Waals surface area contributed by atoms with E-state index in [4.69, 9.17) is 16.0 Å². The van der Waals surface area contributed by atoms with Crippen molar-refractivity contribution in [3.05, 3.63) is 105 Å². The Kier molecular flexibility index (Phi) is 7.05. The van der Waals surface area contributed by atoms with Gasteiger partial charge in [0.15, 0.2) is 11.4 Å². The first-order valence-corrected chi connectivity index (χ1v) is 11.2. The van der Waals surface area contributed by atoms with Gasteiger partial charge in [-0.2, -0.15) is 4.57 Å². The van der Waals surface area contributed by atoms with E-state index in [9.17, 15) is 14.4 Å². The van der Waals surface area contributed by atoms with Crippen molar-refractivity contribution in [3.63, 3.8) is 0 Å². The molecule has 7 heteroatoms. The highest BCUT2D eigenvalue weighted by molar-refractivity contribution is 6.30. The number of carbonyl (C=O) groups is 2. The topological polar surface area (TPSA) is 81.3 Å². The number of amides is 1. The van der Waals surface area contributed by atoms with Crippen LogP contribution in [0.5, 0.6) is 0 Å². The smallest absolute Gasteiger partial charge is 0.407 e. The number of nitrogens with one attached hydrogen (secondary N) is 1. The Morgan fingerprint density at radius 1 is 0.879 bits per heavy atom. The molecular formula is C26H23ClN2O4. The van der Waals surface area contributed by atoms with Crippen LogP contribution >= 0.6 is 11.6 Å². The molecule has 4 rings (SSSR count). The second kappa shape index (κ2) is 10.3. The lowest BCUT2D eigenvalue weighted by Gasteiger charge is -2.06. The van der Waals surface area contributed by atoms with Crippen LogP contribution in [0.2, 0.25) is 5.02 Å². The van der Waals surface area contributed by atoms with Gasteiger partial charge in [0.25, 0.3) is 0 Å². The van der Waals surface area contributed by atoms with E-state index in [-0.39, 0.29) is 22.4 Å². The average molecular weight is 463 g/mol. The molecule has 0 radical (unpaired) electrons.